The highest BCUT2D eigenvalue weighted by Gasteiger charge is 1.93. The van der Waals surface area contributed by atoms with Crippen LogP contribution in [-0.4, -0.2) is 20.5 Å². The first-order valence-electron chi connectivity index (χ1n) is 3.11. The molecule has 0 fully saturated rings. The van der Waals surface area contributed by atoms with Gasteiger partial charge in [0.05, 0.1) is 0 Å². The maximum atomic E-state index is 10.5. The Morgan fingerprint density at radius 3 is 3.00 bits per heavy atom. The lowest BCUT2D eigenvalue weighted by Gasteiger charge is -1.94. The van der Waals surface area contributed by atoms with Crippen LogP contribution >= 0.6 is 0 Å². The Morgan fingerprint density at radius 1 is 1.70 bits per heavy atom. The molecule has 1 aromatic heterocycles. The van der Waals surface area contributed by atoms with E-state index in [1.54, 1.807) is 17.9 Å². The Bertz CT molecular complexity index is 205. The first-order chi connectivity index (χ1) is 4.79. The van der Waals surface area contributed by atoms with Crippen LogP contribution in [0.4, 0.5) is 0 Å². The summed E-state index contributed by atoms with van der Waals surface area (Å²) >= 11 is 0. The third kappa shape index (κ3) is 1.97. The van der Waals surface area contributed by atoms with Crippen LogP contribution in [0.5, 0.6) is 0 Å². The highest BCUT2D eigenvalue weighted by Crippen LogP contribution is 1.86. The normalized spacial score (nSPS) is 9.70. The van der Waals surface area contributed by atoms with Crippen molar-refractivity contribution in [1.29, 1.82) is 0 Å². The molecule has 4 nitrogen and oxygen atoms in total. The lowest BCUT2D eigenvalue weighted by atomic mass is 10.3. The molecule has 10 heavy (non-hydrogen) atoms. The van der Waals surface area contributed by atoms with Crippen LogP contribution in [0.1, 0.15) is 13.3 Å². The second-order valence-electron chi connectivity index (χ2n) is 2.11. The first kappa shape index (κ1) is 6.92. The minimum atomic E-state index is 0.176. The van der Waals surface area contributed by atoms with Gasteiger partial charge >= 0.3 is 0 Å². The quantitative estimate of drug-likeness (QED) is 0.603. The summed E-state index contributed by atoms with van der Waals surface area (Å²) in [4.78, 5) is 14.2. The average molecular weight is 139 g/mol. The lowest BCUT2D eigenvalue weighted by molar-refractivity contribution is -0.117. The van der Waals surface area contributed by atoms with E-state index in [1.807, 2.05) is 0 Å². The number of hydrogen-bond acceptors (Lipinski definition) is 3. The third-order valence-corrected chi connectivity index (χ3v) is 1.16. The topological polar surface area (TPSA) is 47.8 Å². The van der Waals surface area contributed by atoms with Gasteiger partial charge in [0.2, 0.25) is 0 Å². The standard InChI is InChI=1S/C6H9N3O/c1-6(10)2-3-9-5-7-4-8-9/h4-5H,2-3H2,1H3. The van der Waals surface area contributed by atoms with E-state index in [0.717, 1.165) is 0 Å². The summed E-state index contributed by atoms with van der Waals surface area (Å²) in [6.45, 7) is 2.20. The second-order valence-corrected chi connectivity index (χ2v) is 2.11. The van der Waals surface area contributed by atoms with E-state index in [9.17, 15) is 4.79 Å². The Labute approximate surface area is 58.9 Å². The van der Waals surface area contributed by atoms with Gasteiger partial charge in [-0.15, -0.1) is 0 Å². The van der Waals surface area contributed by atoms with Crippen molar-refractivity contribution in [3.8, 4) is 0 Å². The van der Waals surface area contributed by atoms with E-state index < -0.39 is 0 Å². The number of carbonyl (C=O) groups is 1. The number of Topliss-reactive ketones (excluding diaryl/α,β-unsaturated/α-hetero) is 1. The van der Waals surface area contributed by atoms with E-state index in [1.165, 1.54) is 6.33 Å². The Morgan fingerprint density at radius 2 is 2.50 bits per heavy atom. The van der Waals surface area contributed by atoms with Gasteiger partial charge in [-0.2, -0.15) is 5.10 Å². The summed E-state index contributed by atoms with van der Waals surface area (Å²) < 4.78 is 1.64. The summed E-state index contributed by atoms with van der Waals surface area (Å²) in [6, 6.07) is 0. The fourth-order valence-electron chi connectivity index (χ4n) is 0.620. The molecule has 0 saturated heterocycles. The lowest BCUT2D eigenvalue weighted by Crippen LogP contribution is -2.02. The molecule has 1 aromatic rings. The maximum absolute atomic E-state index is 10.5. The minimum Gasteiger partial charge on any atom is -0.300 e. The molecule has 0 spiro atoms. The molecule has 4 heteroatoms. The van der Waals surface area contributed by atoms with Crippen molar-refractivity contribution in [2.24, 2.45) is 0 Å². The highest BCUT2D eigenvalue weighted by molar-refractivity contribution is 5.75. The zero-order valence-corrected chi connectivity index (χ0v) is 5.82. The van der Waals surface area contributed by atoms with E-state index in [4.69, 9.17) is 0 Å². The van der Waals surface area contributed by atoms with E-state index in [2.05, 4.69) is 10.1 Å². The minimum absolute atomic E-state index is 0.176. The first-order valence-corrected chi connectivity index (χ1v) is 3.11. The van der Waals surface area contributed by atoms with Gasteiger partial charge in [0.1, 0.15) is 18.4 Å². The van der Waals surface area contributed by atoms with Crippen molar-refractivity contribution in [3.63, 3.8) is 0 Å². The molecular weight excluding hydrogens is 130 g/mol. The van der Waals surface area contributed by atoms with Crippen molar-refractivity contribution in [2.45, 2.75) is 19.9 Å². The zero-order chi connectivity index (χ0) is 7.40. The molecule has 0 aromatic carbocycles. The van der Waals surface area contributed by atoms with Crippen LogP contribution in [0.2, 0.25) is 0 Å². The van der Waals surface area contributed by atoms with Crippen LogP contribution < -0.4 is 0 Å². The number of hydrogen-bond donors (Lipinski definition) is 0. The zero-order valence-electron chi connectivity index (χ0n) is 5.82. The van der Waals surface area contributed by atoms with Crippen LogP contribution in [-0.2, 0) is 11.3 Å². The van der Waals surface area contributed by atoms with Gasteiger partial charge in [0.15, 0.2) is 0 Å². The monoisotopic (exact) mass is 139 g/mol. The number of carbonyl (C=O) groups excluding carboxylic acids is 1. The molecule has 0 amide bonds. The Balaban J connectivity index is 2.35. The van der Waals surface area contributed by atoms with Crippen molar-refractivity contribution in [2.75, 3.05) is 0 Å². The molecule has 0 aliphatic rings. The number of nitrogens with zero attached hydrogens (tertiary/aromatic N) is 3. The van der Waals surface area contributed by atoms with E-state index in [-0.39, 0.29) is 5.78 Å². The molecular formula is C6H9N3O. The molecule has 0 bridgehead atoms. The largest absolute Gasteiger partial charge is 0.300 e. The average Bonchev–Trinajstić information content (AvgIpc) is 2.34. The molecule has 1 rings (SSSR count). The third-order valence-electron chi connectivity index (χ3n) is 1.16. The Hall–Kier alpha value is -1.19. The van der Waals surface area contributed by atoms with Crippen molar-refractivity contribution in [1.82, 2.24) is 14.8 Å². The van der Waals surface area contributed by atoms with E-state index >= 15 is 0 Å². The van der Waals surface area contributed by atoms with Gasteiger partial charge in [-0.1, -0.05) is 0 Å². The van der Waals surface area contributed by atoms with E-state index in [0.29, 0.717) is 13.0 Å². The predicted octanol–water partition coefficient (Wildman–Crippen LogP) is 0.257. The van der Waals surface area contributed by atoms with Gasteiger partial charge in [0.25, 0.3) is 0 Å². The maximum Gasteiger partial charge on any atom is 0.137 e. The second kappa shape index (κ2) is 3.10. The molecule has 0 aliphatic carbocycles. The number of aromatic nitrogens is 3. The van der Waals surface area contributed by atoms with Gasteiger partial charge in [0, 0.05) is 13.0 Å². The summed E-state index contributed by atoms with van der Waals surface area (Å²) in [7, 11) is 0. The SMILES string of the molecule is CC(=O)CCn1cncn1. The molecule has 0 radical (unpaired) electrons. The fraction of sp³-hybridized carbons (Fsp3) is 0.500. The summed E-state index contributed by atoms with van der Waals surface area (Å²) in [6.07, 6.45) is 3.59. The summed E-state index contributed by atoms with van der Waals surface area (Å²) in [5.41, 5.74) is 0. The molecule has 0 saturated carbocycles. The van der Waals surface area contributed by atoms with Crippen molar-refractivity contribution in [3.05, 3.63) is 12.7 Å². The molecule has 0 N–H and O–H groups in total. The molecule has 0 atom stereocenters. The van der Waals surface area contributed by atoms with Crippen LogP contribution in [0.15, 0.2) is 12.7 Å². The Kier molecular flexibility index (Phi) is 2.15. The van der Waals surface area contributed by atoms with Gasteiger partial charge in [-0.05, 0) is 6.92 Å². The van der Waals surface area contributed by atoms with Crippen molar-refractivity contribution >= 4 is 5.78 Å². The summed E-state index contributed by atoms with van der Waals surface area (Å²) in [5.74, 6) is 0.176. The fourth-order valence-corrected chi connectivity index (χ4v) is 0.620. The van der Waals surface area contributed by atoms with Crippen LogP contribution in [0, 0.1) is 0 Å². The molecule has 1 heterocycles. The predicted molar refractivity (Wildman–Crippen MR) is 35.3 cm³/mol. The van der Waals surface area contributed by atoms with Gasteiger partial charge in [-0.3, -0.25) is 9.48 Å². The molecule has 54 valence electrons. The smallest absolute Gasteiger partial charge is 0.137 e. The summed E-state index contributed by atoms with van der Waals surface area (Å²) in [5, 5.41) is 3.84. The van der Waals surface area contributed by atoms with Crippen LogP contribution in [0.3, 0.4) is 0 Å². The van der Waals surface area contributed by atoms with Gasteiger partial charge < -0.3 is 0 Å². The molecule has 0 aliphatic heterocycles. The number of ketones is 1. The molecule has 0 unspecified atom stereocenters. The number of aryl methyl sites for hydroxylation is 1. The van der Waals surface area contributed by atoms with Gasteiger partial charge in [-0.25, -0.2) is 4.98 Å². The number of rotatable bonds is 3. The van der Waals surface area contributed by atoms with Crippen LogP contribution in [0.25, 0.3) is 0 Å². The highest BCUT2D eigenvalue weighted by atomic mass is 16.1. The van der Waals surface area contributed by atoms with Crippen molar-refractivity contribution < 1.29 is 4.79 Å².